The Bertz CT molecular complexity index is 862. The minimum Gasteiger partial charge on any atom is -1.00 e. The second kappa shape index (κ2) is 9.16. The Labute approximate surface area is 174 Å². The Kier molecular flexibility index (Phi) is 7.18. The molecule has 0 atom stereocenters. The number of hydrogen-bond acceptors (Lipinski definition) is 6. The van der Waals surface area contributed by atoms with E-state index in [0.717, 1.165) is 15.6 Å². The standard InChI is InChI=1S/C18H23N6S2.ClH/c1-14-23(19-12-15-6-8-17(25-15)21(2)3)10-11-24(14)20-13-16-7-9-18(26-16)22(4)5;/h6-13H,1-5H3;1H/q+1;/p-1/b19-12+,20-13+;. The Balaban J connectivity index is 0.00000261. The predicted octanol–water partition coefficient (Wildman–Crippen LogP) is 0.107. The Morgan fingerprint density at radius 3 is 2.00 bits per heavy atom. The zero-order valence-electron chi connectivity index (χ0n) is 16.0. The zero-order valence-corrected chi connectivity index (χ0v) is 18.4. The van der Waals surface area contributed by atoms with Crippen LogP contribution in [0.3, 0.4) is 0 Å². The number of imidazole rings is 1. The second-order valence-electron chi connectivity index (χ2n) is 6.16. The lowest BCUT2D eigenvalue weighted by Gasteiger charge is -2.06. The van der Waals surface area contributed by atoms with E-state index in [2.05, 4.69) is 44.3 Å². The largest absolute Gasteiger partial charge is 1.00 e. The summed E-state index contributed by atoms with van der Waals surface area (Å²) in [6.07, 6.45) is 7.56. The third-order valence-electron chi connectivity index (χ3n) is 3.74. The molecule has 6 nitrogen and oxygen atoms in total. The van der Waals surface area contributed by atoms with Crippen LogP contribution in [0.15, 0.2) is 46.9 Å². The van der Waals surface area contributed by atoms with Gasteiger partial charge in [-0.1, -0.05) is 10.2 Å². The van der Waals surface area contributed by atoms with E-state index in [1.165, 1.54) is 10.0 Å². The van der Waals surface area contributed by atoms with Crippen molar-refractivity contribution < 1.29 is 17.1 Å². The fourth-order valence-electron chi connectivity index (χ4n) is 2.23. The molecule has 0 aliphatic carbocycles. The maximum atomic E-state index is 4.54. The molecule has 0 fully saturated rings. The summed E-state index contributed by atoms with van der Waals surface area (Å²) in [5.41, 5.74) is 0. The van der Waals surface area contributed by atoms with Crippen LogP contribution >= 0.6 is 22.7 Å². The number of halogens is 1. The van der Waals surface area contributed by atoms with Crippen LogP contribution in [0.2, 0.25) is 0 Å². The monoisotopic (exact) mass is 422 g/mol. The van der Waals surface area contributed by atoms with E-state index in [1.54, 1.807) is 22.7 Å². The lowest BCUT2D eigenvalue weighted by Crippen LogP contribution is -3.00. The highest BCUT2D eigenvalue weighted by Gasteiger charge is 2.11. The average Bonchev–Trinajstić information content (AvgIpc) is 3.31. The first-order valence-corrected chi connectivity index (χ1v) is 9.80. The van der Waals surface area contributed by atoms with Crippen LogP contribution < -0.4 is 26.9 Å². The van der Waals surface area contributed by atoms with Crippen LogP contribution in [0.5, 0.6) is 0 Å². The first-order chi connectivity index (χ1) is 12.4. The quantitative estimate of drug-likeness (QED) is 0.418. The Morgan fingerprint density at radius 1 is 0.926 bits per heavy atom. The summed E-state index contributed by atoms with van der Waals surface area (Å²) >= 11 is 3.42. The van der Waals surface area contributed by atoms with Crippen LogP contribution in [-0.2, 0) is 0 Å². The SMILES string of the molecule is Cc1n(/N=C/c2ccc(N(C)C)s2)cc[n+]1/N=C/c1ccc(N(C)C)s1.[Cl-]. The van der Waals surface area contributed by atoms with Gasteiger partial charge in [0.1, 0.15) is 0 Å². The Morgan fingerprint density at radius 2 is 1.48 bits per heavy atom. The van der Waals surface area contributed by atoms with Gasteiger partial charge in [-0.25, -0.2) is 0 Å². The minimum absolute atomic E-state index is 0. The minimum atomic E-state index is 0. The highest BCUT2D eigenvalue weighted by Crippen LogP contribution is 2.23. The van der Waals surface area contributed by atoms with E-state index >= 15 is 0 Å². The van der Waals surface area contributed by atoms with E-state index in [9.17, 15) is 0 Å². The van der Waals surface area contributed by atoms with Crippen molar-refractivity contribution in [2.75, 3.05) is 38.0 Å². The molecule has 3 aromatic heterocycles. The van der Waals surface area contributed by atoms with Crippen LogP contribution in [-0.4, -0.2) is 45.3 Å². The fraction of sp³-hybridized carbons (Fsp3) is 0.278. The maximum Gasteiger partial charge on any atom is 0.304 e. The molecule has 0 radical (unpaired) electrons. The van der Waals surface area contributed by atoms with Gasteiger partial charge in [0.05, 0.1) is 32.2 Å². The molecular weight excluding hydrogens is 400 g/mol. The average molecular weight is 423 g/mol. The zero-order chi connectivity index (χ0) is 18.7. The van der Waals surface area contributed by atoms with Gasteiger partial charge in [0.25, 0.3) is 0 Å². The third kappa shape index (κ3) is 5.18. The summed E-state index contributed by atoms with van der Waals surface area (Å²) in [6, 6.07) is 8.35. The van der Waals surface area contributed by atoms with Gasteiger partial charge in [0.2, 0.25) is 0 Å². The fourth-order valence-corrected chi connectivity index (χ4v) is 3.83. The summed E-state index contributed by atoms with van der Waals surface area (Å²) in [6.45, 7) is 1.99. The van der Waals surface area contributed by atoms with Gasteiger partial charge in [0.15, 0.2) is 12.4 Å². The van der Waals surface area contributed by atoms with Crippen LogP contribution in [0, 0.1) is 6.92 Å². The summed E-state index contributed by atoms with van der Waals surface area (Å²) in [5, 5.41) is 11.5. The van der Waals surface area contributed by atoms with Crippen molar-refractivity contribution >= 4 is 45.1 Å². The number of aromatic nitrogens is 2. The molecule has 3 aromatic rings. The number of rotatable bonds is 6. The van der Waals surface area contributed by atoms with Gasteiger partial charge in [-0.05, 0) is 24.3 Å². The van der Waals surface area contributed by atoms with Gasteiger partial charge < -0.3 is 22.2 Å². The van der Waals surface area contributed by atoms with Gasteiger partial charge in [-0.3, -0.25) is 0 Å². The molecule has 144 valence electrons. The molecule has 0 amide bonds. The molecule has 0 saturated heterocycles. The second-order valence-corrected chi connectivity index (χ2v) is 8.35. The van der Waals surface area contributed by atoms with Crippen LogP contribution in [0.4, 0.5) is 10.0 Å². The Hall–Kier alpha value is -2.16. The van der Waals surface area contributed by atoms with E-state index in [4.69, 9.17) is 0 Å². The van der Waals surface area contributed by atoms with Gasteiger partial charge in [-0.15, -0.1) is 32.0 Å². The maximum absolute atomic E-state index is 4.54. The summed E-state index contributed by atoms with van der Waals surface area (Å²) < 4.78 is 3.65. The van der Waals surface area contributed by atoms with E-state index in [0.29, 0.717) is 0 Å². The van der Waals surface area contributed by atoms with Crippen LogP contribution in [0.25, 0.3) is 0 Å². The van der Waals surface area contributed by atoms with Gasteiger partial charge >= 0.3 is 5.82 Å². The molecule has 0 unspecified atom stereocenters. The van der Waals surface area contributed by atoms with Crippen molar-refractivity contribution in [1.82, 2.24) is 4.68 Å². The molecule has 0 saturated carbocycles. The number of thiophene rings is 2. The molecule has 27 heavy (non-hydrogen) atoms. The molecule has 0 aromatic carbocycles. The number of nitrogens with zero attached hydrogens (tertiary/aromatic N) is 6. The van der Waals surface area contributed by atoms with Crippen molar-refractivity contribution in [3.8, 4) is 0 Å². The molecule has 0 aliphatic rings. The number of anilines is 2. The van der Waals surface area contributed by atoms with Crippen molar-refractivity contribution in [3.63, 3.8) is 0 Å². The molecule has 0 aliphatic heterocycles. The first-order valence-electron chi connectivity index (χ1n) is 8.16. The van der Waals surface area contributed by atoms with Crippen molar-refractivity contribution in [3.05, 3.63) is 52.2 Å². The topological polar surface area (TPSA) is 40.0 Å². The van der Waals surface area contributed by atoms with Gasteiger partial charge in [0, 0.05) is 35.1 Å². The lowest BCUT2D eigenvalue weighted by molar-refractivity contribution is -0.684. The van der Waals surface area contributed by atoms with Crippen LogP contribution in [0.1, 0.15) is 15.6 Å². The smallest absolute Gasteiger partial charge is 0.304 e. The van der Waals surface area contributed by atoms with Crippen molar-refractivity contribution in [2.45, 2.75) is 6.92 Å². The molecule has 0 spiro atoms. The molecule has 3 heterocycles. The van der Waals surface area contributed by atoms with E-state index < -0.39 is 0 Å². The highest BCUT2D eigenvalue weighted by molar-refractivity contribution is 7.18. The lowest BCUT2D eigenvalue weighted by atomic mass is 10.5. The number of hydrogen-bond donors (Lipinski definition) is 0. The summed E-state index contributed by atoms with van der Waals surface area (Å²) in [4.78, 5) is 6.42. The summed E-state index contributed by atoms with van der Waals surface area (Å²) in [7, 11) is 8.16. The normalized spacial score (nSPS) is 11.3. The summed E-state index contributed by atoms with van der Waals surface area (Å²) in [5.74, 6) is 0.936. The van der Waals surface area contributed by atoms with Crippen molar-refractivity contribution in [1.29, 1.82) is 0 Å². The highest BCUT2D eigenvalue weighted by atomic mass is 35.5. The predicted molar refractivity (Wildman–Crippen MR) is 113 cm³/mol. The molecule has 9 heteroatoms. The molecular formula is C18H23ClN6S2. The third-order valence-corrected chi connectivity index (χ3v) is 6.11. The molecule has 0 N–H and O–H groups in total. The molecule has 3 rings (SSSR count). The van der Waals surface area contributed by atoms with E-state index in [-0.39, 0.29) is 12.4 Å². The van der Waals surface area contributed by atoms with E-state index in [1.807, 2.05) is 69.3 Å². The molecule has 0 bridgehead atoms. The van der Waals surface area contributed by atoms with Gasteiger partial charge in [-0.2, -0.15) is 0 Å². The first kappa shape index (κ1) is 21.1. The van der Waals surface area contributed by atoms with Crippen molar-refractivity contribution in [2.24, 2.45) is 10.2 Å².